The van der Waals surface area contributed by atoms with Crippen molar-refractivity contribution in [3.63, 3.8) is 0 Å². The van der Waals surface area contributed by atoms with Crippen LogP contribution in [-0.4, -0.2) is 52.4 Å². The number of hydrogen-bond acceptors (Lipinski definition) is 6. The van der Waals surface area contributed by atoms with Gasteiger partial charge in [-0.05, 0) is 56.6 Å². The highest BCUT2D eigenvalue weighted by atomic mass is 16.6. The summed E-state index contributed by atoms with van der Waals surface area (Å²) in [5, 5.41) is 6.29. The van der Waals surface area contributed by atoms with Crippen molar-refractivity contribution >= 4 is 17.6 Å². The number of carbonyl (C=O) groups is 2. The van der Waals surface area contributed by atoms with E-state index in [2.05, 4.69) is 15.4 Å². The van der Waals surface area contributed by atoms with Gasteiger partial charge in [0, 0.05) is 12.8 Å². The summed E-state index contributed by atoms with van der Waals surface area (Å²) < 4.78 is 15.2. The molecule has 2 N–H and O–H groups in total. The van der Waals surface area contributed by atoms with E-state index in [9.17, 15) is 9.59 Å². The molecular weight excluding hydrogens is 324 g/mol. The molecule has 0 unspecified atom stereocenters. The van der Waals surface area contributed by atoms with E-state index in [-0.39, 0.29) is 12.5 Å². The van der Waals surface area contributed by atoms with Crippen LogP contribution < -0.4 is 15.4 Å². The van der Waals surface area contributed by atoms with Crippen molar-refractivity contribution in [1.82, 2.24) is 5.32 Å². The molecule has 0 bridgehead atoms. The van der Waals surface area contributed by atoms with Crippen molar-refractivity contribution in [3.8, 4) is 5.75 Å². The lowest BCUT2D eigenvalue weighted by atomic mass is 9.78. The molecule has 0 radical (unpaired) electrons. The summed E-state index contributed by atoms with van der Waals surface area (Å²) in [5.74, 6) is 0.0824. The minimum absolute atomic E-state index is 0.0258. The smallest absolute Gasteiger partial charge is 0.343 e. The molecule has 1 aliphatic rings. The van der Waals surface area contributed by atoms with Gasteiger partial charge in [-0.25, -0.2) is 4.79 Å². The number of ether oxygens (including phenoxy) is 3. The number of hydrogen-bond donors (Lipinski definition) is 2. The molecule has 0 spiro atoms. The molecule has 7 heteroatoms. The number of methoxy groups -OCH3 is 2. The molecular formula is C18H26N2O5. The van der Waals surface area contributed by atoms with Crippen LogP contribution in [0, 0.1) is 12.3 Å². The molecule has 1 aliphatic heterocycles. The van der Waals surface area contributed by atoms with Crippen LogP contribution in [0.3, 0.4) is 0 Å². The Labute approximate surface area is 148 Å². The minimum Gasteiger partial charge on any atom is -0.482 e. The molecule has 0 atom stereocenters. The van der Waals surface area contributed by atoms with Crippen molar-refractivity contribution in [2.24, 2.45) is 5.41 Å². The minimum atomic E-state index is -0.507. The number of anilines is 1. The third-order valence-electron chi connectivity index (χ3n) is 4.49. The summed E-state index contributed by atoms with van der Waals surface area (Å²) in [6.07, 6.45) is 1.48. The predicted octanol–water partition coefficient (Wildman–Crippen LogP) is 1.50. The molecule has 1 heterocycles. The van der Waals surface area contributed by atoms with Crippen molar-refractivity contribution in [1.29, 1.82) is 0 Å². The van der Waals surface area contributed by atoms with Gasteiger partial charge in [0.15, 0.2) is 6.61 Å². The largest absolute Gasteiger partial charge is 0.482 e. The second-order valence-corrected chi connectivity index (χ2v) is 6.26. The van der Waals surface area contributed by atoms with Gasteiger partial charge in [-0.3, -0.25) is 4.79 Å². The van der Waals surface area contributed by atoms with Crippen LogP contribution in [0.15, 0.2) is 18.2 Å². The Morgan fingerprint density at radius 2 is 1.96 bits per heavy atom. The summed E-state index contributed by atoms with van der Waals surface area (Å²) in [7, 11) is 2.93. The fourth-order valence-electron chi connectivity index (χ4n) is 2.94. The Balaban J connectivity index is 2.05. The fourth-order valence-corrected chi connectivity index (χ4v) is 2.94. The van der Waals surface area contributed by atoms with E-state index in [1.807, 2.05) is 6.92 Å². The molecule has 2 rings (SSSR count). The molecule has 0 aliphatic carbocycles. The first-order valence-corrected chi connectivity index (χ1v) is 8.32. The number of piperidine rings is 1. The Morgan fingerprint density at radius 3 is 2.56 bits per heavy atom. The maximum absolute atomic E-state index is 12.9. The van der Waals surface area contributed by atoms with E-state index < -0.39 is 11.4 Å². The summed E-state index contributed by atoms with van der Waals surface area (Å²) in [4.78, 5) is 24.0. The van der Waals surface area contributed by atoms with Gasteiger partial charge in [0.1, 0.15) is 5.75 Å². The summed E-state index contributed by atoms with van der Waals surface area (Å²) in [6.45, 7) is 3.74. The van der Waals surface area contributed by atoms with E-state index in [0.717, 1.165) is 37.2 Å². The van der Waals surface area contributed by atoms with Crippen LogP contribution in [-0.2, 0) is 19.1 Å². The Morgan fingerprint density at radius 1 is 1.24 bits per heavy atom. The molecule has 1 fully saturated rings. The third-order valence-corrected chi connectivity index (χ3v) is 4.49. The first-order chi connectivity index (χ1) is 12.0. The maximum atomic E-state index is 12.9. The number of esters is 1. The standard InChI is InChI=1S/C18H26N2O5/c1-13-10-14(25-11-16(21)24-3)4-5-15(13)20-17(22)18(12-23-2)6-8-19-9-7-18/h4-5,10,19H,6-9,11-12H2,1-3H3,(H,20,22). The van der Waals surface area contributed by atoms with E-state index in [0.29, 0.717) is 12.4 Å². The number of nitrogens with one attached hydrogen (secondary N) is 2. The summed E-state index contributed by atoms with van der Waals surface area (Å²) in [6, 6.07) is 5.28. The molecule has 1 aromatic rings. The quantitative estimate of drug-likeness (QED) is 0.725. The maximum Gasteiger partial charge on any atom is 0.343 e. The van der Waals surface area contributed by atoms with Gasteiger partial charge in [0.05, 0.1) is 19.1 Å². The highest BCUT2D eigenvalue weighted by Crippen LogP contribution is 2.32. The van der Waals surface area contributed by atoms with E-state index in [1.165, 1.54) is 7.11 Å². The zero-order chi connectivity index (χ0) is 18.3. The lowest BCUT2D eigenvalue weighted by Crippen LogP contribution is -2.47. The van der Waals surface area contributed by atoms with Gasteiger partial charge < -0.3 is 24.8 Å². The van der Waals surface area contributed by atoms with Gasteiger partial charge in [0.25, 0.3) is 0 Å². The normalized spacial score (nSPS) is 16.1. The van der Waals surface area contributed by atoms with Crippen LogP contribution in [0.5, 0.6) is 5.75 Å². The number of rotatable bonds is 7. The molecule has 1 aromatic carbocycles. The summed E-state index contributed by atoms with van der Waals surface area (Å²) >= 11 is 0. The van der Waals surface area contributed by atoms with Crippen LogP contribution in [0.1, 0.15) is 18.4 Å². The van der Waals surface area contributed by atoms with Gasteiger partial charge in [-0.1, -0.05) is 0 Å². The van der Waals surface area contributed by atoms with E-state index in [4.69, 9.17) is 9.47 Å². The highest BCUT2D eigenvalue weighted by molar-refractivity contribution is 5.96. The lowest BCUT2D eigenvalue weighted by molar-refractivity contribution is -0.142. The van der Waals surface area contributed by atoms with Crippen LogP contribution >= 0.6 is 0 Å². The van der Waals surface area contributed by atoms with Crippen LogP contribution in [0.25, 0.3) is 0 Å². The second kappa shape index (κ2) is 8.82. The van der Waals surface area contributed by atoms with E-state index >= 15 is 0 Å². The number of aryl methyl sites for hydroxylation is 1. The average Bonchev–Trinajstić information content (AvgIpc) is 2.62. The fraction of sp³-hybridized carbons (Fsp3) is 0.556. The first-order valence-electron chi connectivity index (χ1n) is 8.32. The van der Waals surface area contributed by atoms with E-state index in [1.54, 1.807) is 25.3 Å². The zero-order valence-corrected chi connectivity index (χ0v) is 15.0. The van der Waals surface area contributed by atoms with Gasteiger partial charge >= 0.3 is 5.97 Å². The SMILES string of the molecule is COCC1(C(=O)Nc2ccc(OCC(=O)OC)cc2C)CCNCC1. The van der Waals surface area contributed by atoms with Crippen molar-refractivity contribution in [2.45, 2.75) is 19.8 Å². The molecule has 25 heavy (non-hydrogen) atoms. The van der Waals surface area contributed by atoms with Crippen molar-refractivity contribution in [2.75, 3.05) is 45.8 Å². The molecule has 0 saturated carbocycles. The van der Waals surface area contributed by atoms with Crippen LogP contribution in [0.4, 0.5) is 5.69 Å². The number of carbonyl (C=O) groups excluding carboxylic acids is 2. The predicted molar refractivity (Wildman–Crippen MR) is 93.7 cm³/mol. The highest BCUT2D eigenvalue weighted by Gasteiger charge is 2.39. The monoisotopic (exact) mass is 350 g/mol. The van der Waals surface area contributed by atoms with Gasteiger partial charge in [-0.15, -0.1) is 0 Å². The topological polar surface area (TPSA) is 85.9 Å². The zero-order valence-electron chi connectivity index (χ0n) is 15.0. The molecule has 138 valence electrons. The van der Waals surface area contributed by atoms with Gasteiger partial charge in [-0.2, -0.15) is 0 Å². The molecule has 1 saturated heterocycles. The van der Waals surface area contributed by atoms with Crippen molar-refractivity contribution in [3.05, 3.63) is 23.8 Å². The lowest BCUT2D eigenvalue weighted by Gasteiger charge is -2.35. The van der Waals surface area contributed by atoms with Crippen LogP contribution in [0.2, 0.25) is 0 Å². The Hall–Kier alpha value is -2.12. The number of benzene rings is 1. The third kappa shape index (κ3) is 4.93. The first kappa shape index (κ1) is 19.2. The Bertz CT molecular complexity index is 606. The van der Waals surface area contributed by atoms with Crippen molar-refractivity contribution < 1.29 is 23.8 Å². The second-order valence-electron chi connectivity index (χ2n) is 6.26. The molecule has 1 amide bonds. The Kier molecular flexibility index (Phi) is 6.78. The molecule has 7 nitrogen and oxygen atoms in total. The average molecular weight is 350 g/mol. The summed E-state index contributed by atoms with van der Waals surface area (Å²) in [5.41, 5.74) is 1.08. The number of amides is 1. The molecule has 0 aromatic heterocycles. The van der Waals surface area contributed by atoms with Gasteiger partial charge in [0.2, 0.25) is 5.91 Å².